The van der Waals surface area contributed by atoms with E-state index in [0.717, 1.165) is 22.3 Å². The van der Waals surface area contributed by atoms with Crippen molar-refractivity contribution in [1.82, 2.24) is 5.48 Å². The van der Waals surface area contributed by atoms with E-state index in [2.05, 4.69) is 0 Å². The Morgan fingerprint density at radius 3 is 1.67 bits per heavy atom. The summed E-state index contributed by atoms with van der Waals surface area (Å²) >= 11 is 0. The molecule has 5 rings (SSSR count). The molecule has 39 heavy (non-hydrogen) atoms. The molecule has 0 aromatic heterocycles. The van der Waals surface area contributed by atoms with Crippen molar-refractivity contribution >= 4 is 11.9 Å². The fourth-order valence-electron chi connectivity index (χ4n) is 4.39. The summed E-state index contributed by atoms with van der Waals surface area (Å²) in [5.74, 6) is -1.41. The molecule has 1 aliphatic heterocycles. The highest BCUT2D eigenvalue weighted by Gasteiger charge is 2.48. The SMILES string of the molecule is O=C(OC[C@H]1OC(NO)[C@@H](F)[C@@H]1OC(=O)c1ccc(-c2ccccc2)cc1)c1ccc(-c2ccccc2)cc1. The van der Waals surface area contributed by atoms with E-state index in [4.69, 9.17) is 14.2 Å². The van der Waals surface area contributed by atoms with E-state index < -0.39 is 36.5 Å². The van der Waals surface area contributed by atoms with Crippen molar-refractivity contribution in [2.24, 2.45) is 0 Å². The molecule has 4 atom stereocenters. The highest BCUT2D eigenvalue weighted by molar-refractivity contribution is 5.91. The van der Waals surface area contributed by atoms with Gasteiger partial charge in [0.1, 0.15) is 12.7 Å². The number of nitrogens with one attached hydrogen (secondary N) is 1. The number of hydrogen-bond acceptors (Lipinski definition) is 7. The molecule has 4 aromatic rings. The maximum absolute atomic E-state index is 15.0. The molecule has 0 spiro atoms. The zero-order valence-electron chi connectivity index (χ0n) is 20.8. The van der Waals surface area contributed by atoms with E-state index >= 15 is 0 Å². The molecule has 1 aliphatic rings. The number of ether oxygens (including phenoxy) is 3. The molecule has 7 nitrogen and oxygen atoms in total. The molecule has 0 bridgehead atoms. The predicted octanol–water partition coefficient (Wildman–Crippen LogP) is 5.44. The summed E-state index contributed by atoms with van der Waals surface area (Å²) in [7, 11) is 0. The Bertz CT molecular complexity index is 1400. The highest BCUT2D eigenvalue weighted by atomic mass is 19.1. The molecule has 0 amide bonds. The van der Waals surface area contributed by atoms with E-state index in [-0.39, 0.29) is 12.2 Å². The van der Waals surface area contributed by atoms with Crippen molar-refractivity contribution in [3.63, 3.8) is 0 Å². The van der Waals surface area contributed by atoms with Crippen molar-refractivity contribution in [2.45, 2.75) is 24.6 Å². The van der Waals surface area contributed by atoms with Gasteiger partial charge in [-0.25, -0.2) is 14.0 Å². The maximum atomic E-state index is 15.0. The van der Waals surface area contributed by atoms with Crippen LogP contribution in [0.25, 0.3) is 22.3 Å². The standard InChI is InChI=1S/C31H26FNO6/c32-27-28(39-31(35)25-17-13-23(14-18-25)21-9-5-2-6-10-21)26(38-29(27)33-36)19-37-30(34)24-15-11-22(12-16-24)20-7-3-1-4-8-20/h1-18,26-29,33,36H,19H2/t26-,27+,28-,29?/m1/s1. The van der Waals surface area contributed by atoms with E-state index in [0.29, 0.717) is 5.56 Å². The Labute approximate surface area is 224 Å². The first kappa shape index (κ1) is 26.2. The van der Waals surface area contributed by atoms with E-state index in [9.17, 15) is 19.2 Å². The van der Waals surface area contributed by atoms with Gasteiger partial charge < -0.3 is 19.4 Å². The summed E-state index contributed by atoms with van der Waals surface area (Å²) in [5, 5.41) is 9.27. The Kier molecular flexibility index (Phi) is 8.07. The quantitative estimate of drug-likeness (QED) is 0.233. The third-order valence-electron chi connectivity index (χ3n) is 6.50. The predicted molar refractivity (Wildman–Crippen MR) is 142 cm³/mol. The zero-order chi connectivity index (χ0) is 27.2. The second-order valence-corrected chi connectivity index (χ2v) is 9.02. The number of hydroxylamine groups is 1. The second-order valence-electron chi connectivity index (χ2n) is 9.02. The minimum Gasteiger partial charge on any atom is -0.459 e. The highest BCUT2D eigenvalue weighted by Crippen LogP contribution is 2.28. The van der Waals surface area contributed by atoms with Gasteiger partial charge in [0, 0.05) is 0 Å². The zero-order valence-corrected chi connectivity index (χ0v) is 20.8. The first-order valence-corrected chi connectivity index (χ1v) is 12.4. The van der Waals surface area contributed by atoms with E-state index in [1.165, 1.54) is 0 Å². The fraction of sp³-hybridized carbons (Fsp3) is 0.161. The molecule has 1 saturated heterocycles. The third kappa shape index (κ3) is 6.04. The summed E-state index contributed by atoms with van der Waals surface area (Å²) in [6, 6.07) is 32.9. The molecule has 2 N–H and O–H groups in total. The lowest BCUT2D eigenvalue weighted by Crippen LogP contribution is -2.39. The number of alkyl halides is 1. The normalized spacial score (nSPS) is 20.4. The van der Waals surface area contributed by atoms with Gasteiger partial charge in [-0.05, 0) is 46.5 Å². The van der Waals surface area contributed by atoms with Crippen LogP contribution in [0.15, 0.2) is 109 Å². The van der Waals surface area contributed by atoms with Crippen LogP contribution in [0.2, 0.25) is 0 Å². The van der Waals surface area contributed by atoms with Crippen molar-refractivity contribution < 1.29 is 33.4 Å². The van der Waals surface area contributed by atoms with Crippen LogP contribution in [0.5, 0.6) is 0 Å². The molecule has 198 valence electrons. The maximum Gasteiger partial charge on any atom is 0.338 e. The van der Waals surface area contributed by atoms with Gasteiger partial charge in [0.05, 0.1) is 11.1 Å². The lowest BCUT2D eigenvalue weighted by atomic mass is 10.0. The molecule has 0 radical (unpaired) electrons. The van der Waals surface area contributed by atoms with Crippen LogP contribution >= 0.6 is 0 Å². The molecule has 1 fully saturated rings. The number of carbonyl (C=O) groups is 2. The summed E-state index contributed by atoms with van der Waals surface area (Å²) in [6.45, 7) is -0.386. The van der Waals surface area contributed by atoms with Crippen molar-refractivity contribution in [3.8, 4) is 22.3 Å². The summed E-state index contributed by atoms with van der Waals surface area (Å²) in [6.07, 6.45) is -5.89. The third-order valence-corrected chi connectivity index (χ3v) is 6.50. The summed E-state index contributed by atoms with van der Waals surface area (Å²) < 4.78 is 31.1. The fourth-order valence-corrected chi connectivity index (χ4v) is 4.39. The van der Waals surface area contributed by atoms with Gasteiger partial charge >= 0.3 is 11.9 Å². The lowest BCUT2D eigenvalue weighted by molar-refractivity contribution is -0.0818. The van der Waals surface area contributed by atoms with Gasteiger partial charge in [-0.2, -0.15) is 5.48 Å². The molecule has 1 unspecified atom stereocenters. The van der Waals surface area contributed by atoms with Crippen LogP contribution in [0.4, 0.5) is 4.39 Å². The minimum absolute atomic E-state index is 0.219. The van der Waals surface area contributed by atoms with Crippen molar-refractivity contribution in [1.29, 1.82) is 0 Å². The number of esters is 2. The molecule has 1 heterocycles. The molecular formula is C31H26FNO6. The second kappa shape index (κ2) is 12.0. The molecule has 0 aliphatic carbocycles. The monoisotopic (exact) mass is 527 g/mol. The lowest BCUT2D eigenvalue weighted by Gasteiger charge is -2.20. The summed E-state index contributed by atoms with van der Waals surface area (Å²) in [5.41, 5.74) is 6.08. The van der Waals surface area contributed by atoms with Gasteiger partial charge in [-0.3, -0.25) is 0 Å². The van der Waals surface area contributed by atoms with Crippen LogP contribution in [0.3, 0.4) is 0 Å². The van der Waals surface area contributed by atoms with E-state index in [1.54, 1.807) is 54.0 Å². The molecular weight excluding hydrogens is 501 g/mol. The van der Waals surface area contributed by atoms with Crippen molar-refractivity contribution in [2.75, 3.05) is 6.61 Å². The van der Waals surface area contributed by atoms with Crippen LogP contribution in [0.1, 0.15) is 20.7 Å². The number of rotatable bonds is 8. The van der Waals surface area contributed by atoms with Gasteiger partial charge in [-0.1, -0.05) is 84.9 Å². The first-order valence-electron chi connectivity index (χ1n) is 12.4. The Balaban J connectivity index is 1.22. The Hall–Kier alpha value is -4.37. The molecule has 0 saturated carbocycles. The number of benzene rings is 4. The number of halogens is 1. The van der Waals surface area contributed by atoms with Gasteiger partial charge in [0.15, 0.2) is 18.5 Å². The van der Waals surface area contributed by atoms with Crippen molar-refractivity contribution in [3.05, 3.63) is 120 Å². The smallest absolute Gasteiger partial charge is 0.338 e. The summed E-state index contributed by atoms with van der Waals surface area (Å²) in [4.78, 5) is 25.4. The van der Waals surface area contributed by atoms with E-state index in [1.807, 2.05) is 60.7 Å². The van der Waals surface area contributed by atoms with Crippen LogP contribution < -0.4 is 5.48 Å². The first-order chi connectivity index (χ1) is 19.0. The van der Waals surface area contributed by atoms with Crippen LogP contribution in [-0.2, 0) is 14.2 Å². The van der Waals surface area contributed by atoms with Gasteiger partial charge in [0.2, 0.25) is 0 Å². The number of hydrogen-bond donors (Lipinski definition) is 2. The van der Waals surface area contributed by atoms with Crippen LogP contribution in [0, 0.1) is 0 Å². The Morgan fingerprint density at radius 2 is 1.18 bits per heavy atom. The topological polar surface area (TPSA) is 94.1 Å². The average Bonchev–Trinajstić information content (AvgIpc) is 3.30. The Morgan fingerprint density at radius 1 is 0.718 bits per heavy atom. The minimum atomic E-state index is -1.89. The van der Waals surface area contributed by atoms with Gasteiger partial charge in [0.25, 0.3) is 0 Å². The van der Waals surface area contributed by atoms with Crippen LogP contribution in [-0.4, -0.2) is 48.4 Å². The molecule has 8 heteroatoms. The largest absolute Gasteiger partial charge is 0.459 e. The van der Waals surface area contributed by atoms with Gasteiger partial charge in [-0.15, -0.1) is 0 Å². The average molecular weight is 528 g/mol. The number of carbonyl (C=O) groups excluding carboxylic acids is 2. The molecule has 4 aromatic carbocycles.